The van der Waals surface area contributed by atoms with E-state index in [1.165, 1.54) is 21.9 Å². The number of rotatable bonds is 3. The first kappa shape index (κ1) is 11.9. The van der Waals surface area contributed by atoms with E-state index in [-0.39, 0.29) is 6.04 Å². The van der Waals surface area contributed by atoms with Crippen molar-refractivity contribution in [3.8, 4) is 0 Å². The lowest BCUT2D eigenvalue weighted by molar-refractivity contribution is 0.641. The number of fused-ring (bicyclic) bond motifs is 1. The Bertz CT molecular complexity index is 672. The van der Waals surface area contributed by atoms with Crippen molar-refractivity contribution >= 4 is 10.8 Å². The van der Waals surface area contributed by atoms with Crippen LogP contribution in [-0.2, 0) is 0 Å². The molecule has 2 heteroatoms. The topological polar surface area (TPSA) is 38.0 Å². The third-order valence-corrected chi connectivity index (χ3v) is 3.43. The molecule has 0 aliphatic heterocycles. The van der Waals surface area contributed by atoms with Gasteiger partial charge in [0.1, 0.15) is 0 Å². The maximum atomic E-state index is 5.78. The summed E-state index contributed by atoms with van der Waals surface area (Å²) in [6.45, 7) is 0. The summed E-state index contributed by atoms with van der Waals surface area (Å²) in [4.78, 5) is 0. The van der Waals surface area contributed by atoms with Gasteiger partial charge in [0.05, 0.1) is 6.04 Å². The lowest BCUT2D eigenvalue weighted by atomic mass is 9.94. The van der Waals surface area contributed by atoms with Crippen molar-refractivity contribution in [2.24, 2.45) is 5.84 Å². The Kier molecular flexibility index (Phi) is 3.27. The fraction of sp³-hybridized carbons (Fsp3) is 0.0588. The van der Waals surface area contributed by atoms with Crippen LogP contribution in [0.1, 0.15) is 17.2 Å². The van der Waals surface area contributed by atoms with E-state index in [1.807, 2.05) is 18.2 Å². The van der Waals surface area contributed by atoms with Crippen LogP contribution in [0.15, 0.2) is 72.8 Å². The van der Waals surface area contributed by atoms with Crippen molar-refractivity contribution in [3.05, 3.63) is 83.9 Å². The Hall–Kier alpha value is -2.16. The van der Waals surface area contributed by atoms with Crippen LogP contribution in [0.3, 0.4) is 0 Å². The maximum Gasteiger partial charge on any atom is 0.0716 e. The summed E-state index contributed by atoms with van der Waals surface area (Å²) < 4.78 is 0. The van der Waals surface area contributed by atoms with Gasteiger partial charge in [0.25, 0.3) is 0 Å². The normalized spacial score (nSPS) is 12.5. The van der Waals surface area contributed by atoms with Gasteiger partial charge in [-0.3, -0.25) is 5.84 Å². The predicted molar refractivity (Wildman–Crippen MR) is 79.6 cm³/mol. The van der Waals surface area contributed by atoms with Gasteiger partial charge < -0.3 is 0 Å². The number of nitrogens with two attached hydrogens (primary N) is 1. The molecule has 0 bridgehead atoms. The third-order valence-electron chi connectivity index (χ3n) is 3.43. The molecule has 3 aromatic rings. The predicted octanol–water partition coefficient (Wildman–Crippen LogP) is 3.39. The van der Waals surface area contributed by atoms with Gasteiger partial charge in [-0.2, -0.15) is 0 Å². The molecule has 0 saturated carbocycles. The second-order valence-electron chi connectivity index (χ2n) is 4.58. The lowest BCUT2D eigenvalue weighted by Gasteiger charge is -2.19. The fourth-order valence-electron chi connectivity index (χ4n) is 2.51. The van der Waals surface area contributed by atoms with Gasteiger partial charge in [-0.25, -0.2) is 5.43 Å². The van der Waals surface area contributed by atoms with Crippen molar-refractivity contribution in [1.82, 2.24) is 5.43 Å². The van der Waals surface area contributed by atoms with E-state index in [0.29, 0.717) is 0 Å². The molecule has 1 atom stereocenters. The SMILES string of the molecule is NNC(c1ccccc1)c1cccc2ccccc12. The third kappa shape index (κ3) is 2.24. The van der Waals surface area contributed by atoms with Crippen molar-refractivity contribution in [1.29, 1.82) is 0 Å². The summed E-state index contributed by atoms with van der Waals surface area (Å²) in [5.74, 6) is 5.78. The molecular formula is C17H16N2. The highest BCUT2D eigenvalue weighted by atomic mass is 15.2. The van der Waals surface area contributed by atoms with Gasteiger partial charge in [0, 0.05) is 0 Å². The van der Waals surface area contributed by atoms with Gasteiger partial charge in [-0.05, 0) is 21.9 Å². The van der Waals surface area contributed by atoms with Crippen molar-refractivity contribution in [3.63, 3.8) is 0 Å². The lowest BCUT2D eigenvalue weighted by Crippen LogP contribution is -2.28. The second-order valence-corrected chi connectivity index (χ2v) is 4.58. The first-order valence-corrected chi connectivity index (χ1v) is 6.39. The zero-order valence-corrected chi connectivity index (χ0v) is 10.6. The van der Waals surface area contributed by atoms with E-state index < -0.39 is 0 Å². The molecule has 0 saturated heterocycles. The van der Waals surface area contributed by atoms with Crippen LogP contribution in [0.25, 0.3) is 10.8 Å². The van der Waals surface area contributed by atoms with Crippen LogP contribution in [0, 0.1) is 0 Å². The molecule has 0 aliphatic rings. The van der Waals surface area contributed by atoms with E-state index >= 15 is 0 Å². The van der Waals surface area contributed by atoms with Gasteiger partial charge in [-0.15, -0.1) is 0 Å². The zero-order valence-electron chi connectivity index (χ0n) is 10.6. The minimum absolute atomic E-state index is 0.00676. The Morgan fingerprint density at radius 3 is 2.21 bits per heavy atom. The fourth-order valence-corrected chi connectivity index (χ4v) is 2.51. The minimum Gasteiger partial charge on any atom is -0.271 e. The van der Waals surface area contributed by atoms with Crippen LogP contribution < -0.4 is 11.3 Å². The summed E-state index contributed by atoms with van der Waals surface area (Å²) >= 11 is 0. The molecule has 3 rings (SSSR count). The van der Waals surface area contributed by atoms with E-state index in [9.17, 15) is 0 Å². The number of nitrogens with one attached hydrogen (secondary N) is 1. The summed E-state index contributed by atoms with van der Waals surface area (Å²) in [7, 11) is 0. The molecule has 3 aromatic carbocycles. The van der Waals surface area contributed by atoms with Gasteiger partial charge >= 0.3 is 0 Å². The van der Waals surface area contributed by atoms with Gasteiger partial charge in [0.2, 0.25) is 0 Å². The summed E-state index contributed by atoms with van der Waals surface area (Å²) in [6, 6.07) is 25.0. The van der Waals surface area contributed by atoms with Gasteiger partial charge in [0.15, 0.2) is 0 Å². The summed E-state index contributed by atoms with van der Waals surface area (Å²) in [5.41, 5.74) is 5.30. The van der Waals surface area contributed by atoms with Crippen LogP contribution >= 0.6 is 0 Å². The maximum absolute atomic E-state index is 5.78. The zero-order chi connectivity index (χ0) is 13.1. The van der Waals surface area contributed by atoms with Crippen LogP contribution in [-0.4, -0.2) is 0 Å². The molecule has 0 radical (unpaired) electrons. The molecule has 0 heterocycles. The van der Waals surface area contributed by atoms with Crippen LogP contribution in [0.4, 0.5) is 0 Å². The molecule has 0 aliphatic carbocycles. The first-order chi connectivity index (χ1) is 9.40. The Morgan fingerprint density at radius 1 is 0.737 bits per heavy atom. The van der Waals surface area contributed by atoms with Crippen LogP contribution in [0.2, 0.25) is 0 Å². The highest BCUT2D eigenvalue weighted by Crippen LogP contribution is 2.28. The highest BCUT2D eigenvalue weighted by molar-refractivity contribution is 5.86. The Labute approximate surface area is 112 Å². The molecule has 0 amide bonds. The first-order valence-electron chi connectivity index (χ1n) is 6.39. The van der Waals surface area contributed by atoms with Crippen molar-refractivity contribution in [2.45, 2.75) is 6.04 Å². The molecule has 0 aromatic heterocycles. The molecular weight excluding hydrogens is 232 g/mol. The van der Waals surface area contributed by atoms with Crippen molar-refractivity contribution < 1.29 is 0 Å². The molecule has 19 heavy (non-hydrogen) atoms. The van der Waals surface area contributed by atoms with E-state index in [4.69, 9.17) is 5.84 Å². The number of hydrogen-bond donors (Lipinski definition) is 2. The quantitative estimate of drug-likeness (QED) is 0.551. The molecule has 3 N–H and O–H groups in total. The number of benzene rings is 3. The molecule has 1 unspecified atom stereocenters. The number of hydrogen-bond acceptors (Lipinski definition) is 2. The van der Waals surface area contributed by atoms with Crippen LogP contribution in [0.5, 0.6) is 0 Å². The molecule has 0 fully saturated rings. The molecule has 0 spiro atoms. The van der Waals surface area contributed by atoms with E-state index in [0.717, 1.165) is 0 Å². The van der Waals surface area contributed by atoms with Gasteiger partial charge in [-0.1, -0.05) is 72.8 Å². The second kappa shape index (κ2) is 5.22. The van der Waals surface area contributed by atoms with E-state index in [1.54, 1.807) is 0 Å². The monoisotopic (exact) mass is 248 g/mol. The minimum atomic E-state index is 0.00676. The smallest absolute Gasteiger partial charge is 0.0716 e. The van der Waals surface area contributed by atoms with E-state index in [2.05, 4.69) is 60.0 Å². The highest BCUT2D eigenvalue weighted by Gasteiger charge is 2.14. The molecule has 2 nitrogen and oxygen atoms in total. The summed E-state index contributed by atoms with van der Waals surface area (Å²) in [6.07, 6.45) is 0. The Balaban J connectivity index is 2.17. The molecule has 94 valence electrons. The largest absolute Gasteiger partial charge is 0.271 e. The average Bonchev–Trinajstić information content (AvgIpc) is 2.49. The van der Waals surface area contributed by atoms with Crippen molar-refractivity contribution in [2.75, 3.05) is 0 Å². The summed E-state index contributed by atoms with van der Waals surface area (Å²) in [5, 5.41) is 2.47. The standard InChI is InChI=1S/C17H16N2/c18-19-17(14-8-2-1-3-9-14)16-12-6-10-13-7-4-5-11-15(13)16/h1-12,17,19H,18H2. The average molecular weight is 248 g/mol. The number of hydrazine groups is 1. The Morgan fingerprint density at radius 2 is 1.42 bits per heavy atom.